The van der Waals surface area contributed by atoms with E-state index < -0.39 is 17.6 Å². The maximum atomic E-state index is 13.5. The van der Waals surface area contributed by atoms with Gasteiger partial charge in [0.25, 0.3) is 0 Å². The second-order valence-corrected chi connectivity index (χ2v) is 7.06. The number of hydrogen-bond donors (Lipinski definition) is 1. The first-order valence-electron chi connectivity index (χ1n) is 9.30. The fraction of sp³-hybridized carbons (Fsp3) is 0.250. The maximum absolute atomic E-state index is 13.5. The largest absolute Gasteiger partial charge is 0.348 e. The number of aromatic nitrogens is 4. The van der Waals surface area contributed by atoms with E-state index in [1.807, 2.05) is 31.2 Å². The summed E-state index contributed by atoms with van der Waals surface area (Å²) in [6, 6.07) is 10.8. The molecule has 1 N–H and O–H groups in total. The number of carbonyl (C=O) groups is 2. The van der Waals surface area contributed by atoms with Crippen LogP contribution in [-0.4, -0.2) is 38.6 Å². The molecule has 3 aromatic rings. The van der Waals surface area contributed by atoms with Gasteiger partial charge in [-0.05, 0) is 41.6 Å². The molecular weight excluding hydrogens is 394 g/mol. The molecule has 1 aliphatic rings. The monoisotopic (exact) mass is 412 g/mol. The molecule has 0 aliphatic carbocycles. The molecule has 154 valence electrons. The summed E-state index contributed by atoms with van der Waals surface area (Å²) in [6.45, 7) is 2.21. The van der Waals surface area contributed by atoms with Gasteiger partial charge in [0, 0.05) is 24.7 Å². The number of tetrazole rings is 1. The molecule has 2 heterocycles. The van der Waals surface area contributed by atoms with E-state index in [0.717, 1.165) is 23.4 Å². The van der Waals surface area contributed by atoms with Crippen molar-refractivity contribution in [3.05, 3.63) is 65.5 Å². The molecule has 1 aliphatic heterocycles. The molecule has 4 rings (SSSR count). The minimum atomic E-state index is -1.03. The Labute approximate surface area is 170 Å². The fourth-order valence-corrected chi connectivity index (χ4v) is 3.30. The number of halogens is 2. The van der Waals surface area contributed by atoms with Crippen LogP contribution in [-0.2, 0) is 16.1 Å². The molecule has 0 radical (unpaired) electrons. The van der Waals surface area contributed by atoms with Crippen LogP contribution in [0.15, 0.2) is 42.5 Å². The minimum absolute atomic E-state index is 0.0277. The third-order valence-corrected chi connectivity index (χ3v) is 4.94. The number of carbonyl (C=O) groups excluding carboxylic acids is 2. The summed E-state index contributed by atoms with van der Waals surface area (Å²) in [4.78, 5) is 26.5. The number of aryl methyl sites for hydroxylation is 1. The summed E-state index contributed by atoms with van der Waals surface area (Å²) in [7, 11) is 0. The zero-order valence-corrected chi connectivity index (χ0v) is 16.0. The van der Waals surface area contributed by atoms with Gasteiger partial charge in [-0.1, -0.05) is 17.7 Å². The molecule has 30 heavy (non-hydrogen) atoms. The quantitative estimate of drug-likeness (QED) is 0.691. The number of nitrogens with zero attached hydrogens (tertiary/aromatic N) is 5. The number of amides is 2. The van der Waals surface area contributed by atoms with Gasteiger partial charge in [0.15, 0.2) is 17.5 Å². The lowest BCUT2D eigenvalue weighted by Crippen LogP contribution is -2.33. The van der Waals surface area contributed by atoms with E-state index >= 15 is 0 Å². The molecule has 0 spiro atoms. The molecule has 8 nitrogen and oxygen atoms in total. The molecule has 1 aromatic heterocycles. The van der Waals surface area contributed by atoms with Crippen LogP contribution in [0, 0.1) is 24.5 Å². The molecule has 2 amide bonds. The van der Waals surface area contributed by atoms with Crippen LogP contribution in [0.5, 0.6) is 0 Å². The predicted octanol–water partition coefficient (Wildman–Crippen LogP) is 1.92. The van der Waals surface area contributed by atoms with Crippen LogP contribution in [0.25, 0.3) is 5.69 Å². The summed E-state index contributed by atoms with van der Waals surface area (Å²) >= 11 is 0. The van der Waals surface area contributed by atoms with Crippen LogP contribution in [0.3, 0.4) is 0 Å². The summed E-state index contributed by atoms with van der Waals surface area (Å²) < 4.78 is 27.9. The first-order valence-corrected chi connectivity index (χ1v) is 9.30. The van der Waals surface area contributed by atoms with Crippen molar-refractivity contribution in [1.82, 2.24) is 25.5 Å². The van der Waals surface area contributed by atoms with E-state index in [0.29, 0.717) is 0 Å². The van der Waals surface area contributed by atoms with Crippen molar-refractivity contribution >= 4 is 17.5 Å². The molecule has 0 saturated carbocycles. The van der Waals surface area contributed by atoms with Crippen molar-refractivity contribution < 1.29 is 18.4 Å². The first kappa shape index (κ1) is 19.6. The van der Waals surface area contributed by atoms with Gasteiger partial charge in [-0.15, -0.1) is 5.10 Å². The number of rotatable bonds is 5. The molecule has 1 fully saturated rings. The Balaban J connectivity index is 1.41. The van der Waals surface area contributed by atoms with Crippen LogP contribution >= 0.6 is 0 Å². The normalized spacial score (nSPS) is 16.2. The molecule has 0 bridgehead atoms. The lowest BCUT2D eigenvalue weighted by molar-refractivity contribution is -0.126. The third-order valence-electron chi connectivity index (χ3n) is 4.94. The Morgan fingerprint density at radius 1 is 1.13 bits per heavy atom. The summed E-state index contributed by atoms with van der Waals surface area (Å²) in [5, 5.41) is 13.8. The topological polar surface area (TPSA) is 93.0 Å². The Kier molecular flexibility index (Phi) is 5.21. The van der Waals surface area contributed by atoms with Crippen LogP contribution in [0.1, 0.15) is 17.8 Å². The average molecular weight is 412 g/mol. The second-order valence-electron chi connectivity index (χ2n) is 7.06. The highest BCUT2D eigenvalue weighted by molar-refractivity contribution is 6.00. The summed E-state index contributed by atoms with van der Waals surface area (Å²) in [5.74, 6) is -2.70. The van der Waals surface area contributed by atoms with E-state index in [4.69, 9.17) is 0 Å². The van der Waals surface area contributed by atoms with Crippen LogP contribution < -0.4 is 10.2 Å². The van der Waals surface area contributed by atoms with Gasteiger partial charge in [-0.2, -0.15) is 4.68 Å². The third kappa shape index (κ3) is 3.88. The fourth-order valence-electron chi connectivity index (χ4n) is 3.30. The Bertz CT molecular complexity index is 1100. The SMILES string of the molecule is Cc1ccc(N2C[C@@H](C(=O)NCc3nnnn3-c3ccc(F)c(F)c3)CC2=O)cc1. The van der Waals surface area contributed by atoms with E-state index in [-0.39, 0.29) is 42.8 Å². The van der Waals surface area contributed by atoms with Crippen molar-refractivity contribution in [1.29, 1.82) is 0 Å². The van der Waals surface area contributed by atoms with Crippen molar-refractivity contribution in [3.63, 3.8) is 0 Å². The highest BCUT2D eigenvalue weighted by atomic mass is 19.2. The van der Waals surface area contributed by atoms with Gasteiger partial charge >= 0.3 is 0 Å². The summed E-state index contributed by atoms with van der Waals surface area (Å²) in [6.07, 6.45) is 0.105. The van der Waals surface area contributed by atoms with Gasteiger partial charge in [0.2, 0.25) is 11.8 Å². The van der Waals surface area contributed by atoms with Crippen molar-refractivity contribution in [2.45, 2.75) is 19.9 Å². The molecule has 10 heteroatoms. The number of hydrogen-bond acceptors (Lipinski definition) is 5. The van der Waals surface area contributed by atoms with E-state index in [9.17, 15) is 18.4 Å². The van der Waals surface area contributed by atoms with E-state index in [1.165, 1.54) is 10.7 Å². The first-order chi connectivity index (χ1) is 14.4. The van der Waals surface area contributed by atoms with Gasteiger partial charge in [0.05, 0.1) is 18.2 Å². The van der Waals surface area contributed by atoms with E-state index in [1.54, 1.807) is 4.90 Å². The minimum Gasteiger partial charge on any atom is -0.348 e. The highest BCUT2D eigenvalue weighted by Gasteiger charge is 2.35. The Morgan fingerprint density at radius 2 is 1.87 bits per heavy atom. The number of anilines is 1. The van der Waals surface area contributed by atoms with Gasteiger partial charge in [-0.3, -0.25) is 9.59 Å². The zero-order chi connectivity index (χ0) is 21.3. The Morgan fingerprint density at radius 3 is 2.60 bits per heavy atom. The molecule has 2 aromatic carbocycles. The van der Waals surface area contributed by atoms with Gasteiger partial charge in [0.1, 0.15) is 0 Å². The second kappa shape index (κ2) is 7.97. The average Bonchev–Trinajstić information content (AvgIpc) is 3.35. The Hall–Kier alpha value is -3.69. The van der Waals surface area contributed by atoms with Crippen molar-refractivity contribution in [3.8, 4) is 5.69 Å². The number of nitrogens with one attached hydrogen (secondary N) is 1. The molecule has 1 saturated heterocycles. The predicted molar refractivity (Wildman–Crippen MR) is 103 cm³/mol. The van der Waals surface area contributed by atoms with Crippen LogP contribution in [0.4, 0.5) is 14.5 Å². The smallest absolute Gasteiger partial charge is 0.227 e. The van der Waals surface area contributed by atoms with E-state index in [2.05, 4.69) is 20.8 Å². The van der Waals surface area contributed by atoms with Crippen LogP contribution in [0.2, 0.25) is 0 Å². The number of benzene rings is 2. The lowest BCUT2D eigenvalue weighted by atomic mass is 10.1. The molecular formula is C20H18F2N6O2. The van der Waals surface area contributed by atoms with Crippen molar-refractivity contribution in [2.24, 2.45) is 5.92 Å². The van der Waals surface area contributed by atoms with Gasteiger partial charge < -0.3 is 10.2 Å². The van der Waals surface area contributed by atoms with Gasteiger partial charge in [-0.25, -0.2) is 8.78 Å². The molecule has 0 unspecified atom stereocenters. The van der Waals surface area contributed by atoms with Crippen molar-refractivity contribution in [2.75, 3.05) is 11.4 Å². The highest BCUT2D eigenvalue weighted by Crippen LogP contribution is 2.25. The zero-order valence-electron chi connectivity index (χ0n) is 16.0. The summed E-state index contributed by atoms with van der Waals surface area (Å²) in [5.41, 5.74) is 2.06. The maximum Gasteiger partial charge on any atom is 0.227 e. The lowest BCUT2D eigenvalue weighted by Gasteiger charge is -2.17. The molecule has 1 atom stereocenters. The standard InChI is InChI=1S/C20H18F2N6O2/c1-12-2-4-14(5-3-12)27-11-13(8-19(27)29)20(30)23-10-18-24-25-26-28(18)15-6-7-16(21)17(22)9-15/h2-7,9,13H,8,10-11H2,1H3,(H,23,30)/t13-/m0/s1.